The van der Waals surface area contributed by atoms with Gasteiger partial charge in [0.05, 0.1) is 11.5 Å². The van der Waals surface area contributed by atoms with E-state index in [0.29, 0.717) is 37.7 Å². The quantitative estimate of drug-likeness (QED) is 0.883. The van der Waals surface area contributed by atoms with Crippen LogP contribution in [0.5, 0.6) is 5.75 Å². The number of fused-ring (bicyclic) bond motifs is 1. The average Bonchev–Trinajstić information content (AvgIpc) is 3.34. The summed E-state index contributed by atoms with van der Waals surface area (Å²) in [6.45, 7) is -2.18. The van der Waals surface area contributed by atoms with Crippen molar-refractivity contribution in [3.63, 3.8) is 0 Å². The molecule has 1 aliphatic carbocycles. The Kier molecular flexibility index (Phi) is 4.25. The first-order valence-corrected chi connectivity index (χ1v) is 8.89. The van der Waals surface area contributed by atoms with Crippen molar-refractivity contribution < 1.29 is 28.2 Å². The van der Waals surface area contributed by atoms with Crippen molar-refractivity contribution >= 4 is 22.6 Å². The summed E-state index contributed by atoms with van der Waals surface area (Å²) in [5, 5.41) is 10.7. The van der Waals surface area contributed by atoms with E-state index in [0.717, 1.165) is 5.39 Å². The maximum atomic E-state index is 13.0. The highest BCUT2D eigenvalue weighted by Crippen LogP contribution is 2.59. The van der Waals surface area contributed by atoms with E-state index in [1.165, 1.54) is 6.07 Å². The number of halogens is 2. The molecule has 7 heteroatoms. The van der Waals surface area contributed by atoms with Gasteiger partial charge in [0, 0.05) is 13.1 Å². The number of amides is 1. The minimum Gasteiger partial charge on any atom is -0.481 e. The van der Waals surface area contributed by atoms with E-state index in [4.69, 9.17) is 0 Å². The van der Waals surface area contributed by atoms with Crippen LogP contribution in [0.15, 0.2) is 36.4 Å². The molecule has 1 atom stereocenters. The first-order valence-electron chi connectivity index (χ1n) is 8.89. The Morgan fingerprint density at radius 2 is 1.78 bits per heavy atom. The summed E-state index contributed by atoms with van der Waals surface area (Å²) < 4.78 is 30.3. The Morgan fingerprint density at radius 1 is 1.15 bits per heavy atom. The summed E-state index contributed by atoms with van der Waals surface area (Å²) in [7, 11) is 0. The van der Waals surface area contributed by atoms with E-state index < -0.39 is 12.6 Å². The Hall–Kier alpha value is -2.70. The second-order valence-electron chi connectivity index (χ2n) is 7.32. The van der Waals surface area contributed by atoms with Gasteiger partial charge in [-0.1, -0.05) is 24.3 Å². The zero-order valence-electron chi connectivity index (χ0n) is 14.5. The lowest BCUT2D eigenvalue weighted by molar-refractivity contribution is -0.139. The van der Waals surface area contributed by atoms with Crippen LogP contribution in [0.2, 0.25) is 0 Å². The van der Waals surface area contributed by atoms with Gasteiger partial charge in [0.15, 0.2) is 0 Å². The molecule has 2 fully saturated rings. The molecule has 0 radical (unpaired) electrons. The normalized spacial score (nSPS) is 20.9. The van der Waals surface area contributed by atoms with Crippen LogP contribution in [0, 0.1) is 11.3 Å². The van der Waals surface area contributed by atoms with Gasteiger partial charge in [0.25, 0.3) is 5.91 Å². The molecule has 2 aromatic rings. The molecule has 4 rings (SSSR count). The second kappa shape index (κ2) is 6.48. The third-order valence-corrected chi connectivity index (χ3v) is 5.83. The average molecular weight is 375 g/mol. The minimum atomic E-state index is -3.02. The first-order chi connectivity index (χ1) is 12.9. The molecule has 1 spiro atoms. The number of hydrogen-bond donors (Lipinski definition) is 1. The first kappa shape index (κ1) is 17.7. The van der Waals surface area contributed by atoms with Crippen LogP contribution in [0.3, 0.4) is 0 Å². The van der Waals surface area contributed by atoms with Gasteiger partial charge < -0.3 is 14.7 Å². The number of ether oxygens (including phenoxy) is 1. The highest BCUT2D eigenvalue weighted by molar-refractivity contribution is 6.01. The molecule has 1 unspecified atom stereocenters. The Morgan fingerprint density at radius 3 is 2.33 bits per heavy atom. The number of nitrogens with zero attached hydrogens (tertiary/aromatic N) is 1. The molecule has 142 valence electrons. The van der Waals surface area contributed by atoms with Gasteiger partial charge in [-0.2, -0.15) is 8.78 Å². The minimum absolute atomic E-state index is 0.107. The zero-order valence-corrected chi connectivity index (χ0v) is 14.5. The van der Waals surface area contributed by atoms with Gasteiger partial charge in [-0.05, 0) is 47.6 Å². The molecular weight excluding hydrogens is 356 g/mol. The van der Waals surface area contributed by atoms with Crippen molar-refractivity contribution in [1.29, 1.82) is 0 Å². The number of hydrogen-bond acceptors (Lipinski definition) is 3. The lowest BCUT2D eigenvalue weighted by atomic mass is 9.90. The molecule has 1 heterocycles. The van der Waals surface area contributed by atoms with E-state index in [2.05, 4.69) is 4.74 Å². The lowest BCUT2D eigenvalue weighted by Crippen LogP contribution is -2.40. The third-order valence-electron chi connectivity index (χ3n) is 5.83. The van der Waals surface area contributed by atoms with Crippen LogP contribution < -0.4 is 4.74 Å². The molecule has 2 aliphatic rings. The number of carbonyl (C=O) groups is 2. The topological polar surface area (TPSA) is 66.8 Å². The summed E-state index contributed by atoms with van der Waals surface area (Å²) in [6, 6.07) is 10.2. The van der Waals surface area contributed by atoms with Gasteiger partial charge in [-0.3, -0.25) is 9.59 Å². The summed E-state index contributed by atoms with van der Waals surface area (Å²) in [6.07, 6.45) is 1.89. The third kappa shape index (κ3) is 3.22. The van der Waals surface area contributed by atoms with Crippen molar-refractivity contribution in [2.75, 3.05) is 13.1 Å². The smallest absolute Gasteiger partial charge is 0.387 e. The standard InChI is InChI=1S/C20H19F2NO4/c21-19(22)27-16-10-13-4-2-1-3-12(13)9-14(16)17(24)23-7-5-20(6-8-23)11-15(20)18(25)26/h1-4,9-10,15,19H,5-8,11H2,(H,25,26). The molecule has 1 saturated heterocycles. The van der Waals surface area contributed by atoms with Gasteiger partial charge in [0.2, 0.25) is 0 Å². The Bertz CT molecular complexity index is 906. The number of piperidine rings is 1. The highest BCUT2D eigenvalue weighted by Gasteiger charge is 2.59. The number of carbonyl (C=O) groups excluding carboxylic acids is 1. The molecular formula is C20H19F2NO4. The fourth-order valence-corrected chi connectivity index (χ4v) is 4.15. The number of benzene rings is 2. The van der Waals surface area contributed by atoms with Crippen molar-refractivity contribution in [1.82, 2.24) is 4.90 Å². The van der Waals surface area contributed by atoms with E-state index in [-0.39, 0.29) is 28.6 Å². The molecule has 2 aromatic carbocycles. The molecule has 1 saturated carbocycles. The summed E-state index contributed by atoms with van der Waals surface area (Å²) >= 11 is 0. The second-order valence-corrected chi connectivity index (χ2v) is 7.32. The van der Waals surface area contributed by atoms with Crippen LogP contribution in [0.1, 0.15) is 29.6 Å². The largest absolute Gasteiger partial charge is 0.481 e. The lowest BCUT2D eigenvalue weighted by Gasteiger charge is -2.33. The fourth-order valence-electron chi connectivity index (χ4n) is 4.15. The SMILES string of the molecule is O=C(O)C1CC12CCN(C(=O)c1cc3ccccc3cc1OC(F)F)CC2. The molecule has 0 aromatic heterocycles. The maximum absolute atomic E-state index is 13.0. The van der Waals surface area contributed by atoms with Crippen LogP contribution >= 0.6 is 0 Å². The number of carboxylic acid groups (broad SMARTS) is 1. The van der Waals surface area contributed by atoms with Crippen LogP contribution in [0.25, 0.3) is 10.8 Å². The fraction of sp³-hybridized carbons (Fsp3) is 0.400. The number of carboxylic acids is 1. The van der Waals surface area contributed by atoms with E-state index >= 15 is 0 Å². The zero-order chi connectivity index (χ0) is 19.2. The summed E-state index contributed by atoms with van der Waals surface area (Å²) in [4.78, 5) is 25.8. The predicted molar refractivity (Wildman–Crippen MR) is 93.9 cm³/mol. The van der Waals surface area contributed by atoms with E-state index in [1.54, 1.807) is 23.1 Å². The van der Waals surface area contributed by atoms with Gasteiger partial charge >= 0.3 is 12.6 Å². The summed E-state index contributed by atoms with van der Waals surface area (Å²) in [5.74, 6) is -1.60. The molecule has 1 amide bonds. The Labute approximate surface area is 154 Å². The van der Waals surface area contributed by atoms with Crippen LogP contribution in [-0.4, -0.2) is 41.6 Å². The van der Waals surface area contributed by atoms with Crippen LogP contribution in [-0.2, 0) is 4.79 Å². The molecule has 5 nitrogen and oxygen atoms in total. The maximum Gasteiger partial charge on any atom is 0.387 e. The van der Waals surface area contributed by atoms with Crippen LogP contribution in [0.4, 0.5) is 8.78 Å². The van der Waals surface area contributed by atoms with Crippen molar-refractivity contribution in [2.24, 2.45) is 11.3 Å². The Balaban J connectivity index is 1.58. The summed E-state index contributed by atoms with van der Waals surface area (Å²) in [5.41, 5.74) is -0.0931. The molecule has 1 aliphatic heterocycles. The molecule has 1 N–H and O–H groups in total. The number of rotatable bonds is 4. The number of aliphatic carboxylic acids is 1. The monoisotopic (exact) mass is 375 g/mol. The van der Waals surface area contributed by atoms with E-state index in [9.17, 15) is 23.5 Å². The highest BCUT2D eigenvalue weighted by atomic mass is 19.3. The van der Waals surface area contributed by atoms with Gasteiger partial charge in [0.1, 0.15) is 5.75 Å². The van der Waals surface area contributed by atoms with E-state index in [1.807, 2.05) is 12.1 Å². The van der Waals surface area contributed by atoms with Gasteiger partial charge in [-0.25, -0.2) is 0 Å². The van der Waals surface area contributed by atoms with Crippen molar-refractivity contribution in [3.05, 3.63) is 42.0 Å². The molecule has 27 heavy (non-hydrogen) atoms. The number of alkyl halides is 2. The number of likely N-dealkylation sites (tertiary alicyclic amines) is 1. The van der Waals surface area contributed by atoms with Gasteiger partial charge in [-0.15, -0.1) is 0 Å². The van der Waals surface area contributed by atoms with Crippen molar-refractivity contribution in [2.45, 2.75) is 25.9 Å². The molecule has 0 bridgehead atoms. The van der Waals surface area contributed by atoms with Crippen molar-refractivity contribution in [3.8, 4) is 5.75 Å². The predicted octanol–water partition coefficient (Wildman–Crippen LogP) is 3.77.